The first-order valence-corrected chi connectivity index (χ1v) is 7.41. The van der Waals surface area contributed by atoms with Gasteiger partial charge in [0.2, 0.25) is 5.91 Å². The zero-order chi connectivity index (χ0) is 14.8. The van der Waals surface area contributed by atoms with Gasteiger partial charge in [-0.25, -0.2) is 0 Å². The average Bonchev–Trinajstić information content (AvgIpc) is 2.72. The molecule has 0 aromatic carbocycles. The van der Waals surface area contributed by atoms with Crippen LogP contribution in [0.5, 0.6) is 0 Å². The Morgan fingerprint density at radius 1 is 1.53 bits per heavy atom. The molecule has 0 aromatic heterocycles. The van der Waals surface area contributed by atoms with Gasteiger partial charge in [-0.1, -0.05) is 27.7 Å². The van der Waals surface area contributed by atoms with E-state index < -0.39 is 5.54 Å². The zero-order valence-corrected chi connectivity index (χ0v) is 13.4. The molecule has 4 heteroatoms. The van der Waals surface area contributed by atoms with E-state index in [2.05, 4.69) is 45.0 Å². The fourth-order valence-corrected chi connectivity index (χ4v) is 3.10. The number of carbonyl (C=O) groups is 1. The molecule has 0 bridgehead atoms. The summed E-state index contributed by atoms with van der Waals surface area (Å²) in [7, 11) is 2.17. The molecule has 4 nitrogen and oxygen atoms in total. The summed E-state index contributed by atoms with van der Waals surface area (Å²) >= 11 is 0. The molecule has 112 valence electrons. The fourth-order valence-electron chi connectivity index (χ4n) is 3.10. The number of hydrogen-bond acceptors (Lipinski definition) is 3. The van der Waals surface area contributed by atoms with Crippen LogP contribution in [0.3, 0.4) is 0 Å². The van der Waals surface area contributed by atoms with Crippen LogP contribution in [-0.4, -0.2) is 42.0 Å². The van der Waals surface area contributed by atoms with Crippen molar-refractivity contribution in [3.63, 3.8) is 0 Å². The summed E-state index contributed by atoms with van der Waals surface area (Å²) in [6, 6.07) is 0.906. The second-order valence-electron chi connectivity index (χ2n) is 7.08. The van der Waals surface area contributed by atoms with Crippen molar-refractivity contribution in [2.45, 2.75) is 71.5 Å². The van der Waals surface area contributed by atoms with E-state index in [1.807, 2.05) is 6.92 Å². The van der Waals surface area contributed by atoms with E-state index in [0.29, 0.717) is 12.1 Å². The molecule has 1 fully saturated rings. The summed E-state index contributed by atoms with van der Waals surface area (Å²) in [5, 5.41) is 3.32. The lowest BCUT2D eigenvalue weighted by Gasteiger charge is -2.39. The number of nitrogens with zero attached hydrogens (tertiary/aromatic N) is 1. The van der Waals surface area contributed by atoms with Crippen molar-refractivity contribution in [1.82, 2.24) is 10.2 Å². The van der Waals surface area contributed by atoms with Crippen LogP contribution in [0.2, 0.25) is 0 Å². The Hall–Kier alpha value is -0.610. The van der Waals surface area contributed by atoms with Crippen molar-refractivity contribution in [1.29, 1.82) is 0 Å². The molecule has 0 radical (unpaired) electrons. The fraction of sp³-hybridized carbons (Fsp3) is 0.933. The Labute approximate surface area is 118 Å². The lowest BCUT2D eigenvalue weighted by atomic mass is 9.86. The van der Waals surface area contributed by atoms with Gasteiger partial charge in [-0.05, 0) is 45.2 Å². The normalized spacial score (nSPS) is 29.7. The SMILES string of the molecule is CCNC1(C(N)=O)CCC(N(C)C(C)C(C)(C)C)C1. The van der Waals surface area contributed by atoms with Gasteiger partial charge in [0.05, 0.1) is 5.54 Å². The first-order chi connectivity index (χ1) is 8.64. The van der Waals surface area contributed by atoms with Crippen LogP contribution in [0.4, 0.5) is 0 Å². The third-order valence-electron chi connectivity index (χ3n) is 4.92. The van der Waals surface area contributed by atoms with E-state index in [-0.39, 0.29) is 11.3 Å². The molecular weight excluding hydrogens is 238 g/mol. The number of amides is 1. The zero-order valence-electron chi connectivity index (χ0n) is 13.4. The van der Waals surface area contributed by atoms with Crippen molar-refractivity contribution >= 4 is 5.91 Å². The lowest BCUT2D eigenvalue weighted by molar-refractivity contribution is -0.124. The Bertz CT molecular complexity index is 324. The monoisotopic (exact) mass is 269 g/mol. The Kier molecular flexibility index (Phi) is 5.02. The van der Waals surface area contributed by atoms with Gasteiger partial charge in [-0.2, -0.15) is 0 Å². The van der Waals surface area contributed by atoms with E-state index in [9.17, 15) is 4.79 Å². The number of carbonyl (C=O) groups excluding carboxylic acids is 1. The van der Waals surface area contributed by atoms with E-state index in [1.165, 1.54) is 0 Å². The van der Waals surface area contributed by atoms with Crippen LogP contribution in [0.25, 0.3) is 0 Å². The highest BCUT2D eigenvalue weighted by atomic mass is 16.1. The molecule has 3 N–H and O–H groups in total. The third kappa shape index (κ3) is 3.48. The van der Waals surface area contributed by atoms with E-state index in [0.717, 1.165) is 25.8 Å². The summed E-state index contributed by atoms with van der Waals surface area (Å²) < 4.78 is 0. The second kappa shape index (κ2) is 5.80. The number of hydrogen-bond donors (Lipinski definition) is 2. The standard InChI is InChI=1S/C15H31N3O/c1-7-17-15(13(16)19)9-8-12(10-15)18(6)11(2)14(3,4)5/h11-12,17H,7-10H2,1-6H3,(H2,16,19). The molecule has 0 aliphatic heterocycles. The highest BCUT2D eigenvalue weighted by Crippen LogP contribution is 2.35. The Morgan fingerprint density at radius 3 is 2.53 bits per heavy atom. The van der Waals surface area contributed by atoms with Crippen molar-refractivity contribution in [2.75, 3.05) is 13.6 Å². The van der Waals surface area contributed by atoms with Gasteiger partial charge in [-0.3, -0.25) is 4.79 Å². The van der Waals surface area contributed by atoms with Crippen molar-refractivity contribution in [3.8, 4) is 0 Å². The van der Waals surface area contributed by atoms with Gasteiger partial charge < -0.3 is 16.0 Å². The molecule has 0 saturated heterocycles. The molecule has 0 aromatic rings. The van der Waals surface area contributed by atoms with Crippen molar-refractivity contribution in [2.24, 2.45) is 11.1 Å². The third-order valence-corrected chi connectivity index (χ3v) is 4.92. The smallest absolute Gasteiger partial charge is 0.237 e. The number of primary amides is 1. The topological polar surface area (TPSA) is 58.4 Å². The van der Waals surface area contributed by atoms with Crippen LogP contribution in [0.1, 0.15) is 53.9 Å². The second-order valence-corrected chi connectivity index (χ2v) is 7.08. The molecule has 0 spiro atoms. The first-order valence-electron chi connectivity index (χ1n) is 7.41. The number of nitrogens with two attached hydrogens (primary N) is 1. The molecule has 1 amide bonds. The van der Waals surface area contributed by atoms with Crippen LogP contribution < -0.4 is 11.1 Å². The van der Waals surface area contributed by atoms with Gasteiger partial charge in [0.25, 0.3) is 0 Å². The molecule has 1 aliphatic carbocycles. The van der Waals surface area contributed by atoms with Crippen LogP contribution >= 0.6 is 0 Å². The quantitative estimate of drug-likeness (QED) is 0.799. The van der Waals surface area contributed by atoms with Gasteiger partial charge >= 0.3 is 0 Å². The Morgan fingerprint density at radius 2 is 2.11 bits per heavy atom. The predicted molar refractivity (Wildman–Crippen MR) is 79.9 cm³/mol. The number of likely N-dealkylation sites (N-methyl/N-ethyl adjacent to an activating group) is 1. The van der Waals surface area contributed by atoms with E-state index in [1.54, 1.807) is 0 Å². The maximum absolute atomic E-state index is 11.8. The Balaban J connectivity index is 2.77. The van der Waals surface area contributed by atoms with E-state index >= 15 is 0 Å². The minimum absolute atomic E-state index is 0.200. The summed E-state index contributed by atoms with van der Waals surface area (Å²) in [6.45, 7) is 11.9. The summed E-state index contributed by atoms with van der Waals surface area (Å²) in [5.74, 6) is -0.200. The molecule has 1 aliphatic rings. The summed E-state index contributed by atoms with van der Waals surface area (Å²) in [4.78, 5) is 14.2. The van der Waals surface area contributed by atoms with E-state index in [4.69, 9.17) is 5.73 Å². The largest absolute Gasteiger partial charge is 0.368 e. The van der Waals surface area contributed by atoms with Gasteiger partial charge in [-0.15, -0.1) is 0 Å². The van der Waals surface area contributed by atoms with Crippen molar-refractivity contribution in [3.05, 3.63) is 0 Å². The van der Waals surface area contributed by atoms with Crippen molar-refractivity contribution < 1.29 is 4.79 Å². The summed E-state index contributed by atoms with van der Waals surface area (Å²) in [6.07, 6.45) is 2.71. The molecule has 0 heterocycles. The molecule has 3 atom stereocenters. The molecule has 3 unspecified atom stereocenters. The van der Waals surface area contributed by atoms with Crippen LogP contribution in [-0.2, 0) is 4.79 Å². The highest BCUT2D eigenvalue weighted by Gasteiger charge is 2.45. The van der Waals surface area contributed by atoms with Crippen LogP contribution in [0.15, 0.2) is 0 Å². The molecule has 19 heavy (non-hydrogen) atoms. The summed E-state index contributed by atoms with van der Waals surface area (Å²) in [5.41, 5.74) is 5.37. The first kappa shape index (κ1) is 16.4. The maximum Gasteiger partial charge on any atom is 0.237 e. The van der Waals surface area contributed by atoms with Crippen LogP contribution in [0, 0.1) is 5.41 Å². The molecular formula is C15H31N3O. The molecule has 1 rings (SSSR count). The van der Waals surface area contributed by atoms with Gasteiger partial charge in [0.15, 0.2) is 0 Å². The number of rotatable bonds is 5. The van der Waals surface area contributed by atoms with Gasteiger partial charge in [0.1, 0.15) is 0 Å². The predicted octanol–water partition coefficient (Wildman–Crippen LogP) is 1.74. The minimum atomic E-state index is -0.495. The average molecular weight is 269 g/mol. The highest BCUT2D eigenvalue weighted by molar-refractivity contribution is 5.85. The van der Waals surface area contributed by atoms with Gasteiger partial charge in [0, 0.05) is 12.1 Å². The molecule has 1 saturated carbocycles. The maximum atomic E-state index is 11.8. The minimum Gasteiger partial charge on any atom is -0.368 e. The number of nitrogens with one attached hydrogen (secondary N) is 1. The lowest BCUT2D eigenvalue weighted by Crippen LogP contribution is -2.55.